The van der Waals surface area contributed by atoms with Crippen LogP contribution in [0.2, 0.25) is 0 Å². The molecule has 0 amide bonds. The molecule has 0 spiro atoms. The summed E-state index contributed by atoms with van der Waals surface area (Å²) in [5, 5.41) is 17.2. The molecule has 6 nitrogen and oxygen atoms in total. The van der Waals surface area contributed by atoms with Crippen molar-refractivity contribution in [2.75, 3.05) is 6.61 Å². The number of aromatic nitrogens is 2. The van der Waals surface area contributed by atoms with Crippen molar-refractivity contribution < 1.29 is 19.4 Å². The summed E-state index contributed by atoms with van der Waals surface area (Å²) in [6, 6.07) is 7.42. The highest BCUT2D eigenvalue weighted by molar-refractivity contribution is 5.98. The lowest BCUT2D eigenvalue weighted by atomic mass is 9.52. The first kappa shape index (κ1) is 18.5. The molecule has 0 saturated heterocycles. The molecule has 0 bridgehead atoms. The maximum Gasteiger partial charge on any atom is 0.338 e. The average molecular weight is 380 g/mol. The van der Waals surface area contributed by atoms with Crippen molar-refractivity contribution in [1.82, 2.24) is 10.2 Å². The SMILES string of the molecule is CCOC(=O)c1ccc([C@]23C/C(=C/O)C(=O)[C@@H](C)[C@@H]2CCc2cn[nH]c23)cc1. The topological polar surface area (TPSA) is 92.3 Å². The third kappa shape index (κ3) is 2.58. The van der Waals surface area contributed by atoms with Crippen molar-refractivity contribution in [2.45, 2.75) is 38.5 Å². The lowest BCUT2D eigenvalue weighted by molar-refractivity contribution is -0.123. The van der Waals surface area contributed by atoms with E-state index >= 15 is 0 Å². The first-order chi connectivity index (χ1) is 13.5. The second kappa shape index (κ2) is 6.93. The molecule has 2 aliphatic rings. The molecule has 1 aromatic heterocycles. The van der Waals surface area contributed by atoms with Crippen molar-refractivity contribution >= 4 is 11.8 Å². The van der Waals surface area contributed by atoms with Crippen LogP contribution in [0.1, 0.15) is 53.9 Å². The number of rotatable bonds is 3. The van der Waals surface area contributed by atoms with Gasteiger partial charge in [0, 0.05) is 22.6 Å². The molecule has 6 heteroatoms. The Hall–Kier alpha value is -2.89. The third-order valence-corrected chi connectivity index (χ3v) is 6.39. The molecule has 2 N–H and O–H groups in total. The lowest BCUT2D eigenvalue weighted by Gasteiger charge is -2.50. The third-order valence-electron chi connectivity index (χ3n) is 6.39. The smallest absolute Gasteiger partial charge is 0.338 e. The molecule has 146 valence electrons. The Balaban J connectivity index is 1.86. The number of ether oxygens (including phenoxy) is 1. The van der Waals surface area contributed by atoms with Crippen LogP contribution in [0.25, 0.3) is 0 Å². The maximum atomic E-state index is 12.7. The Kier molecular flexibility index (Phi) is 4.57. The standard InChI is InChI=1S/C22H24N2O4/c1-3-28-21(27)14-4-7-17(8-5-14)22-10-16(12-25)19(26)13(2)18(22)9-6-15-11-23-24-20(15)22/h4-5,7-8,11-13,18,25H,3,6,9-10H2,1-2H3,(H,23,24)/b16-12-/t13-,18-,22+/m0/s1. The largest absolute Gasteiger partial charge is 0.515 e. The van der Waals surface area contributed by atoms with Crippen LogP contribution in [-0.4, -0.2) is 33.7 Å². The Labute approximate surface area is 163 Å². The van der Waals surface area contributed by atoms with E-state index in [4.69, 9.17) is 4.74 Å². The Morgan fingerprint density at radius 3 is 2.82 bits per heavy atom. The van der Waals surface area contributed by atoms with Gasteiger partial charge in [0.2, 0.25) is 0 Å². The van der Waals surface area contributed by atoms with Crippen LogP contribution in [0.5, 0.6) is 0 Å². The lowest BCUT2D eigenvalue weighted by Crippen LogP contribution is -2.50. The first-order valence-electron chi connectivity index (χ1n) is 9.70. The molecule has 0 aliphatic heterocycles. The van der Waals surface area contributed by atoms with Gasteiger partial charge >= 0.3 is 5.97 Å². The van der Waals surface area contributed by atoms with Crippen molar-refractivity contribution in [1.29, 1.82) is 0 Å². The van der Waals surface area contributed by atoms with Gasteiger partial charge in [0.25, 0.3) is 0 Å². The van der Waals surface area contributed by atoms with Gasteiger partial charge in [-0.15, -0.1) is 0 Å². The molecule has 2 aliphatic carbocycles. The van der Waals surface area contributed by atoms with Crippen molar-refractivity contribution in [3.8, 4) is 0 Å². The molecule has 0 unspecified atom stereocenters. The van der Waals surface area contributed by atoms with Gasteiger partial charge in [0.15, 0.2) is 5.78 Å². The molecule has 1 saturated carbocycles. The monoisotopic (exact) mass is 380 g/mol. The van der Waals surface area contributed by atoms with E-state index in [2.05, 4.69) is 10.2 Å². The summed E-state index contributed by atoms with van der Waals surface area (Å²) in [6.45, 7) is 4.05. The fraction of sp³-hybridized carbons (Fsp3) is 0.409. The second-order valence-electron chi connectivity index (χ2n) is 7.67. The highest BCUT2D eigenvalue weighted by Gasteiger charge is 2.54. The molecule has 1 fully saturated rings. The van der Waals surface area contributed by atoms with Crippen LogP contribution >= 0.6 is 0 Å². The zero-order valence-corrected chi connectivity index (χ0v) is 16.1. The number of carbonyl (C=O) groups excluding carboxylic acids is 2. The van der Waals surface area contributed by atoms with Gasteiger partial charge in [-0.1, -0.05) is 19.1 Å². The van der Waals surface area contributed by atoms with Crippen LogP contribution < -0.4 is 0 Å². The molecule has 1 heterocycles. The summed E-state index contributed by atoms with van der Waals surface area (Å²) in [5.74, 6) is -0.468. The second-order valence-corrected chi connectivity index (χ2v) is 7.67. The number of Topliss-reactive ketones (excluding diaryl/α,β-unsaturated/α-hetero) is 1. The van der Waals surface area contributed by atoms with Gasteiger partial charge in [-0.3, -0.25) is 9.89 Å². The molecule has 0 radical (unpaired) electrons. The summed E-state index contributed by atoms with van der Waals surface area (Å²) in [5.41, 5.74) is 3.60. The predicted molar refractivity (Wildman–Crippen MR) is 103 cm³/mol. The molecule has 3 atom stereocenters. The van der Waals surface area contributed by atoms with Gasteiger partial charge in [-0.05, 0) is 55.4 Å². The number of H-pyrrole nitrogens is 1. The van der Waals surface area contributed by atoms with Crippen molar-refractivity contribution in [2.24, 2.45) is 11.8 Å². The number of esters is 1. The highest BCUT2D eigenvalue weighted by Crippen LogP contribution is 2.55. The summed E-state index contributed by atoms with van der Waals surface area (Å²) in [4.78, 5) is 24.8. The number of nitrogens with one attached hydrogen (secondary N) is 1. The number of allylic oxidation sites excluding steroid dienone is 1. The highest BCUT2D eigenvalue weighted by atomic mass is 16.5. The molecular weight excluding hydrogens is 356 g/mol. The summed E-state index contributed by atoms with van der Waals surface area (Å²) in [6.07, 6.45) is 4.95. The van der Waals surface area contributed by atoms with E-state index < -0.39 is 5.41 Å². The zero-order chi connectivity index (χ0) is 19.9. The van der Waals surface area contributed by atoms with Gasteiger partial charge < -0.3 is 9.84 Å². The Morgan fingerprint density at radius 1 is 1.39 bits per heavy atom. The van der Waals surface area contributed by atoms with Crippen LogP contribution in [0, 0.1) is 11.8 Å². The number of hydrogen-bond acceptors (Lipinski definition) is 5. The minimum Gasteiger partial charge on any atom is -0.515 e. The number of benzene rings is 1. The first-order valence-corrected chi connectivity index (χ1v) is 9.70. The average Bonchev–Trinajstić information content (AvgIpc) is 3.20. The van der Waals surface area contributed by atoms with Crippen molar-refractivity contribution in [3.63, 3.8) is 0 Å². The summed E-state index contributed by atoms with van der Waals surface area (Å²) in [7, 11) is 0. The Bertz CT molecular complexity index is 944. The quantitative estimate of drug-likeness (QED) is 0.483. The molecular formula is C22H24N2O4. The number of ketones is 1. The van der Waals surface area contributed by atoms with Crippen LogP contribution in [-0.2, 0) is 21.4 Å². The Morgan fingerprint density at radius 2 is 2.14 bits per heavy atom. The fourth-order valence-corrected chi connectivity index (χ4v) is 5.08. The van der Waals surface area contributed by atoms with E-state index in [0.717, 1.165) is 35.9 Å². The number of aliphatic hydroxyl groups excluding tert-OH is 1. The van der Waals surface area contributed by atoms with E-state index in [1.807, 2.05) is 25.3 Å². The van der Waals surface area contributed by atoms with E-state index in [0.29, 0.717) is 24.2 Å². The van der Waals surface area contributed by atoms with Crippen molar-refractivity contribution in [3.05, 3.63) is 64.7 Å². The molecule has 28 heavy (non-hydrogen) atoms. The van der Waals surface area contributed by atoms with Crippen LogP contribution in [0.15, 0.2) is 42.3 Å². The van der Waals surface area contributed by atoms with Crippen LogP contribution in [0.3, 0.4) is 0 Å². The minimum absolute atomic E-state index is 0.00855. The number of hydrogen-bond donors (Lipinski definition) is 2. The van der Waals surface area contributed by atoms with E-state index in [9.17, 15) is 14.7 Å². The number of nitrogens with zero attached hydrogens (tertiary/aromatic N) is 1. The van der Waals surface area contributed by atoms with E-state index in [-0.39, 0.29) is 23.6 Å². The predicted octanol–water partition coefficient (Wildman–Crippen LogP) is 3.49. The summed E-state index contributed by atoms with van der Waals surface area (Å²) < 4.78 is 5.09. The summed E-state index contributed by atoms with van der Waals surface area (Å²) >= 11 is 0. The van der Waals surface area contributed by atoms with Gasteiger partial charge in [0.1, 0.15) is 0 Å². The fourth-order valence-electron chi connectivity index (χ4n) is 5.08. The van der Waals surface area contributed by atoms with Crippen LogP contribution in [0.4, 0.5) is 0 Å². The van der Waals surface area contributed by atoms with E-state index in [1.54, 1.807) is 19.1 Å². The van der Waals surface area contributed by atoms with Gasteiger partial charge in [-0.25, -0.2) is 4.79 Å². The number of aryl methyl sites for hydroxylation is 1. The van der Waals surface area contributed by atoms with Gasteiger partial charge in [-0.2, -0.15) is 5.10 Å². The minimum atomic E-state index is -0.487. The molecule has 4 rings (SSSR count). The van der Waals surface area contributed by atoms with E-state index in [1.165, 1.54) is 0 Å². The number of fused-ring (bicyclic) bond motifs is 3. The molecule has 1 aromatic carbocycles. The number of aromatic amines is 1. The zero-order valence-electron chi connectivity index (χ0n) is 16.1. The number of aliphatic hydroxyl groups is 1. The maximum absolute atomic E-state index is 12.7. The molecule has 2 aromatic rings. The number of carbonyl (C=O) groups is 2. The van der Waals surface area contributed by atoms with Gasteiger partial charge in [0.05, 0.1) is 24.6 Å². The normalized spacial score (nSPS) is 27.9.